The summed E-state index contributed by atoms with van der Waals surface area (Å²) in [5.74, 6) is -1.87. The van der Waals surface area contributed by atoms with Crippen LogP contribution in [0.1, 0.15) is 120 Å². The van der Waals surface area contributed by atoms with E-state index in [0.29, 0.717) is 50.9 Å². The number of aliphatic hydroxyl groups is 1. The Morgan fingerprint density at radius 1 is 0.857 bits per heavy atom. The summed E-state index contributed by atoms with van der Waals surface area (Å²) >= 11 is 0. The van der Waals surface area contributed by atoms with Crippen LogP contribution in [-0.4, -0.2) is 97.0 Å². The first-order chi connectivity index (χ1) is 29.0. The van der Waals surface area contributed by atoms with Crippen LogP contribution in [0.5, 0.6) is 0 Å². The minimum atomic E-state index is -2.07. The number of unbranched alkanes of at least 4 members (excludes halogenated alkanes) is 1. The molecule has 0 aromatic rings. The number of esters is 3. The van der Waals surface area contributed by atoms with Crippen molar-refractivity contribution in [2.75, 3.05) is 19.8 Å². The second kappa shape index (κ2) is 25.1. The van der Waals surface area contributed by atoms with Gasteiger partial charge in [-0.3, -0.25) is 9.59 Å². The lowest BCUT2D eigenvalue weighted by Gasteiger charge is -2.53. The molecule has 1 spiro atoms. The molecule has 2 aliphatic rings. The third kappa shape index (κ3) is 20.5. The highest BCUT2D eigenvalue weighted by molar-refractivity contribution is 6.76. The fourth-order valence-corrected chi connectivity index (χ4v) is 10.0. The maximum Gasteiger partial charge on any atom is 0.330 e. The third-order valence-corrected chi connectivity index (χ3v) is 20.9. The van der Waals surface area contributed by atoms with Gasteiger partial charge < -0.3 is 33.2 Å². The lowest BCUT2D eigenvalue weighted by molar-refractivity contribution is -0.344. The highest BCUT2D eigenvalue weighted by atomic mass is 28.4. The highest BCUT2D eigenvalue weighted by Crippen LogP contribution is 2.48. The maximum atomic E-state index is 13.7. The molecule has 13 heteroatoms. The smallest absolute Gasteiger partial charge is 0.330 e. The van der Waals surface area contributed by atoms with Crippen molar-refractivity contribution in [2.45, 2.75) is 219 Å². The number of ether oxygens (including phenoxy) is 5. The first-order valence-electron chi connectivity index (χ1n) is 23.9. The van der Waals surface area contributed by atoms with Crippen molar-refractivity contribution in [3.8, 4) is 0 Å². The first-order valence-corrected chi connectivity index (χ1v) is 34.3. The Balaban J connectivity index is 2.40. The van der Waals surface area contributed by atoms with E-state index in [1.165, 1.54) is 6.08 Å². The predicted molar refractivity (Wildman–Crippen MR) is 265 cm³/mol. The van der Waals surface area contributed by atoms with E-state index >= 15 is 0 Å². The first kappa shape index (κ1) is 57.0. The number of allylic oxidation sites excluding steroid dienone is 4. The number of rotatable bonds is 24. The maximum absolute atomic E-state index is 13.7. The Morgan fingerprint density at radius 2 is 1.48 bits per heavy atom. The molecule has 2 saturated heterocycles. The van der Waals surface area contributed by atoms with Crippen molar-refractivity contribution in [3.05, 3.63) is 47.6 Å². The summed E-state index contributed by atoms with van der Waals surface area (Å²) in [7, 11) is -4.79. The minimum Gasteiger partial charge on any atom is -0.466 e. The highest BCUT2D eigenvalue weighted by Gasteiger charge is 2.54. The SMILES string of the molecule is CCCC[C@]1(OC(=O)CCC(=O)OCC[Si](C)(C)C)CC[C@]2(CC[C@H](C)[C@@H](C/C=C(C)/C=C/[C@H](O[Si](C)(C)C(C)(C)C)[C@H](C)CO)O2)O[C@H]1/C=C/C(C)=C/C(=O)OCC[Si](C)(C)C. The molecule has 63 heavy (non-hydrogen) atoms. The summed E-state index contributed by atoms with van der Waals surface area (Å²) in [5, 5.41) is 10.1. The van der Waals surface area contributed by atoms with Gasteiger partial charge in [0.05, 0.1) is 38.3 Å². The van der Waals surface area contributed by atoms with Crippen LogP contribution in [0.4, 0.5) is 0 Å². The van der Waals surface area contributed by atoms with Crippen molar-refractivity contribution < 1.29 is 47.6 Å². The van der Waals surface area contributed by atoms with Crippen molar-refractivity contribution >= 4 is 42.4 Å². The van der Waals surface area contributed by atoms with Crippen molar-refractivity contribution in [1.82, 2.24) is 0 Å². The predicted octanol–water partition coefficient (Wildman–Crippen LogP) is 12.1. The Hall–Kier alpha value is -2.14. The fourth-order valence-electron chi connectivity index (χ4n) is 7.28. The second-order valence-corrected chi connectivity index (χ2v) is 38.6. The van der Waals surface area contributed by atoms with E-state index in [0.717, 1.165) is 36.9 Å². The van der Waals surface area contributed by atoms with Crippen molar-refractivity contribution in [2.24, 2.45) is 11.8 Å². The summed E-state index contributed by atoms with van der Waals surface area (Å²) in [6.45, 7) is 35.7. The van der Waals surface area contributed by atoms with Gasteiger partial charge in [-0.15, -0.1) is 0 Å². The Kier molecular flexibility index (Phi) is 22.7. The van der Waals surface area contributed by atoms with Crippen molar-refractivity contribution in [1.29, 1.82) is 0 Å². The van der Waals surface area contributed by atoms with E-state index in [4.69, 9.17) is 28.1 Å². The van der Waals surface area contributed by atoms with E-state index in [2.05, 4.69) is 112 Å². The summed E-state index contributed by atoms with van der Waals surface area (Å²) in [5.41, 5.74) is 0.798. The molecule has 2 fully saturated rings. The molecule has 0 saturated carbocycles. The van der Waals surface area contributed by atoms with Gasteiger partial charge in [-0.25, -0.2) is 4.79 Å². The molecule has 2 heterocycles. The number of carbonyl (C=O) groups is 3. The van der Waals surface area contributed by atoms with E-state index in [9.17, 15) is 19.5 Å². The molecule has 0 amide bonds. The van der Waals surface area contributed by atoms with Crippen LogP contribution in [-0.2, 0) is 42.5 Å². The molecular weight excluding hydrogens is 845 g/mol. The largest absolute Gasteiger partial charge is 0.466 e. The molecule has 7 atom stereocenters. The average molecular weight is 936 g/mol. The summed E-state index contributed by atoms with van der Waals surface area (Å²) < 4.78 is 38.3. The number of hydrogen-bond donors (Lipinski definition) is 1. The van der Waals surface area contributed by atoms with Crippen LogP contribution in [0.2, 0.25) is 69.5 Å². The second-order valence-electron chi connectivity index (χ2n) is 22.6. The lowest BCUT2D eigenvalue weighted by atomic mass is 9.78. The molecule has 10 nitrogen and oxygen atoms in total. The molecule has 362 valence electrons. The normalized spacial score (nSPS) is 25.4. The van der Waals surface area contributed by atoms with E-state index < -0.39 is 53.9 Å². The van der Waals surface area contributed by atoms with Gasteiger partial charge in [0.2, 0.25) is 0 Å². The molecule has 0 unspecified atom stereocenters. The molecule has 0 aromatic heterocycles. The van der Waals surface area contributed by atoms with Gasteiger partial charge in [-0.2, -0.15) is 0 Å². The number of carbonyl (C=O) groups excluding carboxylic acids is 3. The van der Waals surface area contributed by atoms with E-state index in [1.54, 1.807) is 0 Å². The lowest BCUT2D eigenvalue weighted by Crippen LogP contribution is -2.59. The van der Waals surface area contributed by atoms with E-state index in [1.807, 2.05) is 26.0 Å². The fraction of sp³-hybridized carbons (Fsp3) is 0.780. The number of aliphatic hydroxyl groups excluding tert-OH is 1. The zero-order chi connectivity index (χ0) is 47.9. The molecule has 2 aliphatic heterocycles. The molecule has 2 rings (SSSR count). The average Bonchev–Trinajstić information content (AvgIpc) is 3.16. The quantitative estimate of drug-likeness (QED) is 0.0329. The molecule has 1 N–H and O–H groups in total. The summed E-state index contributed by atoms with van der Waals surface area (Å²) in [4.78, 5) is 39.1. The molecule has 0 bridgehead atoms. The van der Waals surface area contributed by atoms with E-state index in [-0.39, 0.29) is 54.5 Å². The van der Waals surface area contributed by atoms with Gasteiger partial charge in [-0.1, -0.05) is 123 Å². The Morgan fingerprint density at radius 3 is 2.06 bits per heavy atom. The van der Waals surface area contributed by atoms with Gasteiger partial charge in [0, 0.05) is 47.6 Å². The zero-order valence-electron chi connectivity index (χ0n) is 42.6. The third-order valence-electron chi connectivity index (χ3n) is 13.0. The molecule has 0 aromatic carbocycles. The molecular formula is C50H90O10Si3. The van der Waals surface area contributed by atoms with Crippen LogP contribution in [0.3, 0.4) is 0 Å². The van der Waals surface area contributed by atoms with Crippen LogP contribution < -0.4 is 0 Å². The van der Waals surface area contributed by atoms with Crippen molar-refractivity contribution in [3.63, 3.8) is 0 Å². The van der Waals surface area contributed by atoms with Gasteiger partial charge in [-0.05, 0) is 87.7 Å². The topological polar surface area (TPSA) is 127 Å². The molecule has 0 aliphatic carbocycles. The standard InChI is InChI=1S/C50H90O10Si3/c1-17-18-28-49(59-46(53)26-25-45(52)55-32-34-61(9,10)11)30-31-50(58-44(49)24-21-39(3)36-47(54)56-33-35-62(12,13)14)29-27-40(4)42(57-50)22-19-38(2)20-23-43(41(5)37-51)60-63(15,16)48(6,7)8/h19-21,23-24,36,40-44,51H,17-18,22,25-35,37H2,1-16H3/b23-20+,24-21+,38-19+,39-36+/t40-,41+,42+,43-,44-,49-,50-/m0/s1. The number of hydrogen-bond acceptors (Lipinski definition) is 10. The van der Waals surface area contributed by atoms with Crippen LogP contribution in [0.15, 0.2) is 47.6 Å². The summed E-state index contributed by atoms with van der Waals surface area (Å²) in [6.07, 6.45) is 16.2. The van der Waals surface area contributed by atoms with Crippen LogP contribution in [0, 0.1) is 11.8 Å². The van der Waals surface area contributed by atoms with Gasteiger partial charge in [0.15, 0.2) is 14.1 Å². The van der Waals surface area contributed by atoms with Crippen LogP contribution >= 0.6 is 0 Å². The summed E-state index contributed by atoms with van der Waals surface area (Å²) in [6, 6.07) is 1.76. The van der Waals surface area contributed by atoms with Crippen LogP contribution in [0.25, 0.3) is 0 Å². The Bertz CT molecular complexity index is 1580. The monoisotopic (exact) mass is 935 g/mol. The van der Waals surface area contributed by atoms with Gasteiger partial charge in [0.25, 0.3) is 0 Å². The van der Waals surface area contributed by atoms with Gasteiger partial charge >= 0.3 is 17.9 Å². The Labute approximate surface area is 386 Å². The molecule has 0 radical (unpaired) electrons. The minimum absolute atomic E-state index is 0.0343. The zero-order valence-corrected chi connectivity index (χ0v) is 45.6. The van der Waals surface area contributed by atoms with Gasteiger partial charge in [0.1, 0.15) is 11.7 Å².